The molecule has 140 valence electrons. The molecule has 3 rings (SSSR count). The molecule has 0 radical (unpaired) electrons. The third-order valence-corrected chi connectivity index (χ3v) is 4.93. The SMILES string of the molecule is Cc1cc(C)c(NC(=O)C(C(C)C)N2C(=O)c3ccccc3C2=O)c(C)c1. The summed E-state index contributed by atoms with van der Waals surface area (Å²) in [4.78, 5) is 39.8. The Morgan fingerprint density at radius 2 is 1.41 bits per heavy atom. The second kappa shape index (κ2) is 6.99. The number of carbonyl (C=O) groups excluding carboxylic acids is 3. The average Bonchev–Trinajstić information content (AvgIpc) is 2.84. The fourth-order valence-electron chi connectivity index (χ4n) is 3.75. The van der Waals surface area contributed by atoms with Crippen LogP contribution in [0.2, 0.25) is 0 Å². The van der Waals surface area contributed by atoms with Gasteiger partial charge in [0, 0.05) is 5.69 Å². The predicted octanol–water partition coefficient (Wildman–Crippen LogP) is 3.87. The lowest BCUT2D eigenvalue weighted by molar-refractivity contribution is -0.121. The van der Waals surface area contributed by atoms with Gasteiger partial charge in [0.25, 0.3) is 11.8 Å². The quantitative estimate of drug-likeness (QED) is 0.838. The first-order valence-electron chi connectivity index (χ1n) is 9.08. The predicted molar refractivity (Wildman–Crippen MR) is 105 cm³/mol. The van der Waals surface area contributed by atoms with E-state index in [-0.39, 0.29) is 11.8 Å². The third-order valence-electron chi connectivity index (χ3n) is 4.93. The summed E-state index contributed by atoms with van der Waals surface area (Å²) >= 11 is 0. The van der Waals surface area contributed by atoms with Crippen LogP contribution in [0.4, 0.5) is 5.69 Å². The molecule has 1 unspecified atom stereocenters. The maximum atomic E-state index is 13.1. The van der Waals surface area contributed by atoms with Gasteiger partial charge in [0.15, 0.2) is 0 Å². The van der Waals surface area contributed by atoms with Gasteiger partial charge in [0.05, 0.1) is 11.1 Å². The smallest absolute Gasteiger partial charge is 0.262 e. The Labute approximate surface area is 159 Å². The number of nitrogens with one attached hydrogen (secondary N) is 1. The number of hydrogen-bond donors (Lipinski definition) is 1. The Bertz CT molecular complexity index is 888. The number of imide groups is 1. The summed E-state index contributed by atoms with van der Waals surface area (Å²) in [5.41, 5.74) is 4.44. The zero-order chi connectivity index (χ0) is 19.9. The van der Waals surface area contributed by atoms with Gasteiger partial charge < -0.3 is 5.32 Å². The molecule has 27 heavy (non-hydrogen) atoms. The second-order valence-electron chi connectivity index (χ2n) is 7.48. The van der Waals surface area contributed by atoms with Gasteiger partial charge in [-0.2, -0.15) is 0 Å². The summed E-state index contributed by atoms with van der Waals surface area (Å²) in [5.74, 6) is -1.41. The summed E-state index contributed by atoms with van der Waals surface area (Å²) in [6, 6.07) is 9.80. The van der Waals surface area contributed by atoms with Crippen molar-refractivity contribution in [1.29, 1.82) is 0 Å². The molecule has 0 saturated carbocycles. The summed E-state index contributed by atoms with van der Waals surface area (Å²) in [5, 5.41) is 2.95. The van der Waals surface area contributed by atoms with Crippen LogP contribution in [0.25, 0.3) is 0 Å². The number of nitrogens with zero attached hydrogens (tertiary/aromatic N) is 1. The van der Waals surface area contributed by atoms with Crippen molar-refractivity contribution in [3.8, 4) is 0 Å². The van der Waals surface area contributed by atoms with Crippen LogP contribution in [0, 0.1) is 26.7 Å². The summed E-state index contributed by atoms with van der Waals surface area (Å²) in [6.07, 6.45) is 0. The van der Waals surface area contributed by atoms with Crippen LogP contribution in [0.1, 0.15) is 51.3 Å². The highest BCUT2D eigenvalue weighted by molar-refractivity contribution is 6.23. The summed E-state index contributed by atoms with van der Waals surface area (Å²) in [7, 11) is 0. The van der Waals surface area contributed by atoms with Crippen LogP contribution >= 0.6 is 0 Å². The Morgan fingerprint density at radius 3 is 1.85 bits per heavy atom. The molecule has 3 amide bonds. The van der Waals surface area contributed by atoms with Crippen LogP contribution < -0.4 is 5.32 Å². The molecule has 0 spiro atoms. The molecule has 0 bridgehead atoms. The van der Waals surface area contributed by atoms with Crippen LogP contribution in [0.15, 0.2) is 36.4 Å². The van der Waals surface area contributed by atoms with Gasteiger partial charge in [-0.15, -0.1) is 0 Å². The minimum atomic E-state index is -0.877. The minimum absolute atomic E-state index is 0.224. The first-order valence-corrected chi connectivity index (χ1v) is 9.08. The number of fused-ring (bicyclic) bond motifs is 1. The molecule has 5 nitrogen and oxygen atoms in total. The lowest BCUT2D eigenvalue weighted by atomic mass is 10.00. The van der Waals surface area contributed by atoms with Crippen molar-refractivity contribution in [3.05, 3.63) is 64.2 Å². The summed E-state index contributed by atoms with van der Waals surface area (Å²) in [6.45, 7) is 9.54. The number of amides is 3. The number of hydrogen-bond acceptors (Lipinski definition) is 3. The number of anilines is 1. The highest BCUT2D eigenvalue weighted by Crippen LogP contribution is 2.29. The second-order valence-corrected chi connectivity index (χ2v) is 7.48. The lowest BCUT2D eigenvalue weighted by Crippen LogP contribution is -2.50. The van der Waals surface area contributed by atoms with E-state index in [4.69, 9.17) is 0 Å². The Hall–Kier alpha value is -2.95. The Balaban J connectivity index is 1.95. The Kier molecular flexibility index (Phi) is 4.87. The van der Waals surface area contributed by atoms with E-state index in [0.717, 1.165) is 27.3 Å². The van der Waals surface area contributed by atoms with Gasteiger partial charge in [-0.05, 0) is 49.9 Å². The van der Waals surface area contributed by atoms with E-state index in [1.807, 2.05) is 46.8 Å². The number of rotatable bonds is 4. The topological polar surface area (TPSA) is 66.5 Å². The molecule has 1 N–H and O–H groups in total. The molecule has 1 aliphatic heterocycles. The monoisotopic (exact) mass is 364 g/mol. The fourth-order valence-corrected chi connectivity index (χ4v) is 3.75. The molecule has 1 aliphatic rings. The molecule has 0 saturated heterocycles. The van der Waals surface area contributed by atoms with Crippen LogP contribution in [-0.4, -0.2) is 28.7 Å². The molecule has 1 heterocycles. The van der Waals surface area contributed by atoms with Gasteiger partial charge in [-0.3, -0.25) is 19.3 Å². The van der Waals surface area contributed by atoms with E-state index in [9.17, 15) is 14.4 Å². The average molecular weight is 364 g/mol. The van der Waals surface area contributed by atoms with Gasteiger partial charge in [-0.1, -0.05) is 43.7 Å². The first kappa shape index (κ1) is 18.8. The Morgan fingerprint density at radius 1 is 0.926 bits per heavy atom. The zero-order valence-corrected chi connectivity index (χ0v) is 16.3. The number of carbonyl (C=O) groups is 3. The van der Waals surface area contributed by atoms with E-state index in [1.54, 1.807) is 24.3 Å². The molecule has 0 fully saturated rings. The lowest BCUT2D eigenvalue weighted by Gasteiger charge is -2.29. The maximum absolute atomic E-state index is 13.1. The minimum Gasteiger partial charge on any atom is -0.324 e. The van der Waals surface area contributed by atoms with Gasteiger partial charge in [0.1, 0.15) is 6.04 Å². The number of benzene rings is 2. The number of aryl methyl sites for hydroxylation is 3. The first-order chi connectivity index (χ1) is 12.7. The standard InChI is InChI=1S/C22H24N2O3/c1-12(2)19(20(25)23-18-14(4)10-13(3)11-15(18)5)24-21(26)16-8-6-7-9-17(16)22(24)27/h6-12,19H,1-5H3,(H,23,25). The largest absolute Gasteiger partial charge is 0.324 e. The highest BCUT2D eigenvalue weighted by Gasteiger charge is 2.44. The molecular weight excluding hydrogens is 340 g/mol. The molecule has 0 aliphatic carbocycles. The van der Waals surface area contributed by atoms with Gasteiger partial charge >= 0.3 is 0 Å². The van der Waals surface area contributed by atoms with Crippen molar-refractivity contribution in [1.82, 2.24) is 4.90 Å². The fraction of sp³-hybridized carbons (Fsp3) is 0.318. The highest BCUT2D eigenvalue weighted by atomic mass is 16.2. The normalized spacial score (nSPS) is 14.5. The van der Waals surface area contributed by atoms with E-state index < -0.39 is 17.9 Å². The van der Waals surface area contributed by atoms with E-state index in [2.05, 4.69) is 5.32 Å². The van der Waals surface area contributed by atoms with Crippen molar-refractivity contribution < 1.29 is 14.4 Å². The molecule has 5 heteroatoms. The van der Waals surface area contributed by atoms with Crippen molar-refractivity contribution in [2.24, 2.45) is 5.92 Å². The van der Waals surface area contributed by atoms with Crippen molar-refractivity contribution in [3.63, 3.8) is 0 Å². The zero-order valence-electron chi connectivity index (χ0n) is 16.3. The summed E-state index contributed by atoms with van der Waals surface area (Å²) < 4.78 is 0. The van der Waals surface area contributed by atoms with Crippen LogP contribution in [0.5, 0.6) is 0 Å². The van der Waals surface area contributed by atoms with Crippen molar-refractivity contribution in [2.45, 2.75) is 40.7 Å². The van der Waals surface area contributed by atoms with Crippen LogP contribution in [-0.2, 0) is 4.79 Å². The van der Waals surface area contributed by atoms with Crippen molar-refractivity contribution in [2.75, 3.05) is 5.32 Å². The third kappa shape index (κ3) is 3.25. The molecular formula is C22H24N2O3. The maximum Gasteiger partial charge on any atom is 0.262 e. The van der Waals surface area contributed by atoms with Gasteiger partial charge in [0.2, 0.25) is 5.91 Å². The van der Waals surface area contributed by atoms with E-state index in [1.165, 1.54) is 0 Å². The molecule has 0 aromatic heterocycles. The van der Waals surface area contributed by atoms with Crippen LogP contribution in [0.3, 0.4) is 0 Å². The van der Waals surface area contributed by atoms with Gasteiger partial charge in [-0.25, -0.2) is 0 Å². The molecule has 1 atom stereocenters. The van der Waals surface area contributed by atoms with E-state index >= 15 is 0 Å². The molecule has 2 aromatic rings. The molecule has 2 aromatic carbocycles. The van der Waals surface area contributed by atoms with E-state index in [0.29, 0.717) is 11.1 Å². The van der Waals surface area contributed by atoms with Crippen molar-refractivity contribution >= 4 is 23.4 Å².